The van der Waals surface area contributed by atoms with Gasteiger partial charge in [0, 0.05) is 0 Å². The highest BCUT2D eigenvalue weighted by Crippen LogP contribution is 2.29. The van der Waals surface area contributed by atoms with E-state index in [2.05, 4.69) is 26.1 Å². The lowest BCUT2D eigenvalue weighted by Crippen LogP contribution is -1.99. The van der Waals surface area contributed by atoms with Crippen LogP contribution in [0.1, 0.15) is 5.89 Å². The molecular formula is C8H5BrN2O3S. The largest absolute Gasteiger partial charge is 0.481 e. The number of carbonyl (C=O) groups is 1. The molecule has 15 heavy (non-hydrogen) atoms. The summed E-state index contributed by atoms with van der Waals surface area (Å²) in [6.07, 6.45) is -0.250. The van der Waals surface area contributed by atoms with Crippen LogP contribution in [0.25, 0.3) is 10.7 Å². The van der Waals surface area contributed by atoms with E-state index < -0.39 is 5.97 Å². The smallest absolute Gasteiger partial charge is 0.312 e. The summed E-state index contributed by atoms with van der Waals surface area (Å²) in [4.78, 5) is 15.2. The molecule has 0 fully saturated rings. The van der Waals surface area contributed by atoms with Crippen molar-refractivity contribution in [3.63, 3.8) is 0 Å². The second-order valence-corrected chi connectivity index (χ2v) is 5.15. The Hall–Kier alpha value is -1.21. The maximum absolute atomic E-state index is 10.4. The number of aromatic nitrogens is 2. The molecule has 0 unspecified atom stereocenters. The van der Waals surface area contributed by atoms with E-state index in [9.17, 15) is 4.79 Å². The van der Waals surface area contributed by atoms with E-state index in [0.717, 1.165) is 8.66 Å². The van der Waals surface area contributed by atoms with Gasteiger partial charge < -0.3 is 9.63 Å². The molecule has 0 atom stereocenters. The van der Waals surface area contributed by atoms with Crippen molar-refractivity contribution in [2.45, 2.75) is 6.42 Å². The van der Waals surface area contributed by atoms with Gasteiger partial charge in [-0.3, -0.25) is 4.79 Å². The molecule has 5 nitrogen and oxygen atoms in total. The van der Waals surface area contributed by atoms with E-state index in [1.807, 2.05) is 12.1 Å². The Bertz CT molecular complexity index is 494. The van der Waals surface area contributed by atoms with Crippen LogP contribution >= 0.6 is 27.3 Å². The summed E-state index contributed by atoms with van der Waals surface area (Å²) in [6.45, 7) is 0. The fraction of sp³-hybridized carbons (Fsp3) is 0.125. The minimum atomic E-state index is -0.988. The molecule has 0 bridgehead atoms. The first-order valence-electron chi connectivity index (χ1n) is 3.95. The quantitative estimate of drug-likeness (QED) is 0.937. The fourth-order valence-electron chi connectivity index (χ4n) is 0.991. The van der Waals surface area contributed by atoms with Gasteiger partial charge in [-0.1, -0.05) is 5.16 Å². The van der Waals surface area contributed by atoms with Crippen molar-refractivity contribution >= 4 is 33.2 Å². The van der Waals surface area contributed by atoms with Crippen LogP contribution in [-0.4, -0.2) is 21.2 Å². The third-order valence-corrected chi connectivity index (χ3v) is 3.18. The van der Waals surface area contributed by atoms with Crippen molar-refractivity contribution in [3.05, 3.63) is 21.8 Å². The molecule has 2 aromatic heterocycles. The first-order chi connectivity index (χ1) is 7.15. The van der Waals surface area contributed by atoms with Gasteiger partial charge in [0.25, 0.3) is 0 Å². The van der Waals surface area contributed by atoms with Gasteiger partial charge in [0.1, 0.15) is 6.42 Å². The Labute approximate surface area is 96.9 Å². The molecule has 2 heterocycles. The number of hydrogen-bond acceptors (Lipinski definition) is 5. The Balaban J connectivity index is 2.23. The zero-order valence-corrected chi connectivity index (χ0v) is 9.71. The van der Waals surface area contributed by atoms with Gasteiger partial charge in [0.2, 0.25) is 11.7 Å². The SMILES string of the molecule is O=C(O)Cc1nc(-c2ccc(Br)s2)no1. The number of carboxylic acid groups (broad SMARTS) is 1. The maximum atomic E-state index is 10.4. The minimum absolute atomic E-state index is 0.113. The summed E-state index contributed by atoms with van der Waals surface area (Å²) in [7, 11) is 0. The van der Waals surface area contributed by atoms with Crippen LogP contribution < -0.4 is 0 Å². The molecule has 78 valence electrons. The highest BCUT2D eigenvalue weighted by atomic mass is 79.9. The first kappa shape index (κ1) is 10.3. The molecule has 0 saturated heterocycles. The number of hydrogen-bond donors (Lipinski definition) is 1. The number of carboxylic acids is 1. The van der Waals surface area contributed by atoms with Crippen LogP contribution in [0.15, 0.2) is 20.4 Å². The van der Waals surface area contributed by atoms with Crippen molar-refractivity contribution in [3.8, 4) is 10.7 Å². The molecular weight excluding hydrogens is 284 g/mol. The lowest BCUT2D eigenvalue weighted by molar-refractivity contribution is -0.136. The van der Waals surface area contributed by atoms with E-state index in [-0.39, 0.29) is 12.3 Å². The predicted molar refractivity (Wildman–Crippen MR) is 56.7 cm³/mol. The monoisotopic (exact) mass is 288 g/mol. The number of halogens is 1. The standard InChI is InChI=1S/C8H5BrN2O3S/c9-5-2-1-4(15-5)8-10-6(14-11-8)3-7(12)13/h1-2H,3H2,(H,12,13). The third-order valence-electron chi connectivity index (χ3n) is 1.56. The lowest BCUT2D eigenvalue weighted by atomic mass is 10.4. The first-order valence-corrected chi connectivity index (χ1v) is 5.56. The average molecular weight is 289 g/mol. The predicted octanol–water partition coefficient (Wildman–Crippen LogP) is 2.19. The Morgan fingerprint density at radius 1 is 1.60 bits per heavy atom. The van der Waals surface area contributed by atoms with E-state index in [1.54, 1.807) is 0 Å². The van der Waals surface area contributed by atoms with Crippen molar-refractivity contribution in [1.29, 1.82) is 0 Å². The van der Waals surface area contributed by atoms with E-state index in [0.29, 0.717) is 5.82 Å². The molecule has 0 aliphatic carbocycles. The minimum Gasteiger partial charge on any atom is -0.481 e. The summed E-state index contributed by atoms with van der Waals surface area (Å²) in [5.74, 6) is -0.457. The van der Waals surface area contributed by atoms with E-state index in [1.165, 1.54) is 11.3 Å². The zero-order chi connectivity index (χ0) is 10.8. The van der Waals surface area contributed by atoms with Crippen LogP contribution in [0.3, 0.4) is 0 Å². The topological polar surface area (TPSA) is 76.2 Å². The molecule has 0 saturated carbocycles. The van der Waals surface area contributed by atoms with Crippen LogP contribution in [0, 0.1) is 0 Å². The van der Waals surface area contributed by atoms with Gasteiger partial charge in [-0.25, -0.2) is 0 Å². The van der Waals surface area contributed by atoms with Crippen molar-refractivity contribution < 1.29 is 14.4 Å². The highest BCUT2D eigenvalue weighted by molar-refractivity contribution is 9.11. The molecule has 0 radical (unpaired) electrons. The average Bonchev–Trinajstić information content (AvgIpc) is 2.72. The molecule has 0 aliphatic rings. The van der Waals surface area contributed by atoms with Gasteiger partial charge in [0.15, 0.2) is 0 Å². The number of nitrogens with zero attached hydrogens (tertiary/aromatic N) is 2. The fourth-order valence-corrected chi connectivity index (χ4v) is 2.30. The summed E-state index contributed by atoms with van der Waals surface area (Å²) >= 11 is 4.77. The van der Waals surface area contributed by atoms with E-state index >= 15 is 0 Å². The van der Waals surface area contributed by atoms with Gasteiger partial charge in [0.05, 0.1) is 8.66 Å². The summed E-state index contributed by atoms with van der Waals surface area (Å²) in [5, 5.41) is 12.2. The third kappa shape index (κ3) is 2.42. The van der Waals surface area contributed by atoms with Crippen molar-refractivity contribution in [2.75, 3.05) is 0 Å². The zero-order valence-electron chi connectivity index (χ0n) is 7.31. The molecule has 2 rings (SSSR count). The van der Waals surface area contributed by atoms with Gasteiger partial charge >= 0.3 is 5.97 Å². The number of aliphatic carboxylic acids is 1. The van der Waals surface area contributed by atoms with Crippen LogP contribution in [0.4, 0.5) is 0 Å². The molecule has 0 amide bonds. The lowest BCUT2D eigenvalue weighted by Gasteiger charge is -1.84. The van der Waals surface area contributed by atoms with Gasteiger partial charge in [-0.15, -0.1) is 11.3 Å². The molecule has 2 aromatic rings. The number of rotatable bonds is 3. The molecule has 0 aromatic carbocycles. The highest BCUT2D eigenvalue weighted by Gasteiger charge is 2.12. The van der Waals surface area contributed by atoms with Crippen LogP contribution in [-0.2, 0) is 11.2 Å². The van der Waals surface area contributed by atoms with Crippen LogP contribution in [0.5, 0.6) is 0 Å². The Morgan fingerprint density at radius 2 is 2.40 bits per heavy atom. The van der Waals surface area contributed by atoms with Crippen LogP contribution in [0.2, 0.25) is 0 Å². The van der Waals surface area contributed by atoms with Gasteiger partial charge in [-0.05, 0) is 28.1 Å². The van der Waals surface area contributed by atoms with Crippen molar-refractivity contribution in [2.24, 2.45) is 0 Å². The van der Waals surface area contributed by atoms with Crippen molar-refractivity contribution in [1.82, 2.24) is 10.1 Å². The Morgan fingerprint density at radius 3 is 3.00 bits per heavy atom. The summed E-state index contributed by atoms with van der Waals surface area (Å²) in [5.41, 5.74) is 0. The second-order valence-electron chi connectivity index (χ2n) is 2.69. The normalized spacial score (nSPS) is 10.5. The van der Waals surface area contributed by atoms with Gasteiger partial charge in [-0.2, -0.15) is 4.98 Å². The number of thiophene rings is 1. The molecule has 0 spiro atoms. The van der Waals surface area contributed by atoms with E-state index in [4.69, 9.17) is 9.63 Å². The molecule has 7 heteroatoms. The second kappa shape index (κ2) is 4.11. The Kier molecular flexibility index (Phi) is 2.83. The molecule has 1 N–H and O–H groups in total. The summed E-state index contributed by atoms with van der Waals surface area (Å²) < 4.78 is 5.75. The molecule has 0 aliphatic heterocycles. The maximum Gasteiger partial charge on any atom is 0.312 e. The summed E-state index contributed by atoms with van der Waals surface area (Å²) in [6, 6.07) is 3.71.